The van der Waals surface area contributed by atoms with Crippen molar-refractivity contribution in [1.29, 1.82) is 0 Å². The fourth-order valence-electron chi connectivity index (χ4n) is 1.78. The average Bonchev–Trinajstić information content (AvgIpc) is 2.49. The van der Waals surface area contributed by atoms with Crippen LogP contribution in [-0.4, -0.2) is 5.91 Å². The normalized spacial score (nSPS) is 9.48. The van der Waals surface area contributed by atoms with Crippen molar-refractivity contribution in [1.82, 2.24) is 0 Å². The van der Waals surface area contributed by atoms with Crippen molar-refractivity contribution in [2.24, 2.45) is 0 Å². The zero-order valence-corrected chi connectivity index (χ0v) is 13.0. The van der Waals surface area contributed by atoms with E-state index in [0.29, 0.717) is 11.3 Å². The SMILES string of the molecule is CCC.CCc1ccccc1NC(=O)c1ccc(N)cc1.[HH].[HH]. The minimum atomic E-state index is -0.115. The second-order valence-corrected chi connectivity index (χ2v) is 4.79. The molecule has 0 aliphatic rings. The number of hydrogen-bond acceptors (Lipinski definition) is 2. The predicted octanol–water partition coefficient (Wildman–Crippen LogP) is 4.99. The van der Waals surface area contributed by atoms with Gasteiger partial charge in [-0.15, -0.1) is 0 Å². The summed E-state index contributed by atoms with van der Waals surface area (Å²) in [6, 6.07) is 14.7. The molecule has 0 aliphatic heterocycles. The number of anilines is 2. The van der Waals surface area contributed by atoms with E-state index in [-0.39, 0.29) is 8.76 Å². The van der Waals surface area contributed by atoms with Crippen LogP contribution in [0.25, 0.3) is 0 Å². The molecule has 0 saturated heterocycles. The maximum atomic E-state index is 12.0. The summed E-state index contributed by atoms with van der Waals surface area (Å²) in [5.41, 5.74) is 8.84. The molecule has 3 N–H and O–H groups in total. The Hall–Kier alpha value is -2.29. The Morgan fingerprint density at radius 1 is 1.05 bits per heavy atom. The molecule has 0 fully saturated rings. The average molecular weight is 288 g/mol. The molecule has 1 amide bonds. The molecule has 2 rings (SSSR count). The first-order valence-electron chi connectivity index (χ1n) is 7.37. The lowest BCUT2D eigenvalue weighted by Gasteiger charge is -2.09. The number of carbonyl (C=O) groups is 1. The van der Waals surface area contributed by atoms with Crippen molar-refractivity contribution in [3.8, 4) is 0 Å². The van der Waals surface area contributed by atoms with Gasteiger partial charge in [0.1, 0.15) is 0 Å². The Bertz CT molecular complexity index is 571. The van der Waals surface area contributed by atoms with E-state index in [4.69, 9.17) is 5.73 Å². The van der Waals surface area contributed by atoms with Crippen LogP contribution in [0.4, 0.5) is 11.4 Å². The van der Waals surface area contributed by atoms with Gasteiger partial charge in [0.05, 0.1) is 0 Å². The third-order valence-electron chi connectivity index (χ3n) is 2.82. The largest absolute Gasteiger partial charge is 0.399 e. The maximum absolute atomic E-state index is 12.0. The molecule has 3 heteroatoms. The second kappa shape index (κ2) is 8.80. The summed E-state index contributed by atoms with van der Waals surface area (Å²) in [5.74, 6) is -0.115. The monoisotopic (exact) mass is 288 g/mol. The molecule has 0 aromatic heterocycles. The molecule has 2 aromatic carbocycles. The Labute approximate surface area is 130 Å². The van der Waals surface area contributed by atoms with E-state index in [1.54, 1.807) is 24.3 Å². The van der Waals surface area contributed by atoms with Crippen molar-refractivity contribution in [2.75, 3.05) is 11.1 Å². The molecule has 3 nitrogen and oxygen atoms in total. The van der Waals surface area contributed by atoms with Gasteiger partial charge in [-0.05, 0) is 42.3 Å². The molecule has 0 heterocycles. The summed E-state index contributed by atoms with van der Waals surface area (Å²) in [6.07, 6.45) is 2.14. The fourth-order valence-corrected chi connectivity index (χ4v) is 1.78. The molecule has 0 spiro atoms. The van der Waals surface area contributed by atoms with Crippen LogP contribution in [-0.2, 0) is 6.42 Å². The molecule has 0 bridgehead atoms. The Morgan fingerprint density at radius 3 is 2.19 bits per heavy atom. The number of benzene rings is 2. The number of para-hydroxylation sites is 1. The summed E-state index contributed by atoms with van der Waals surface area (Å²) < 4.78 is 0. The highest BCUT2D eigenvalue weighted by atomic mass is 16.1. The standard InChI is InChI=1S/C15H16N2O.C3H8.2H2/c1-2-11-5-3-4-6-14(11)17-15(18)12-7-9-13(16)10-8-12;1-3-2;;/h3-10H,2,16H2,1H3,(H,17,18);3H2,1-2H3;2*1H. The van der Waals surface area contributed by atoms with Crippen LogP contribution in [0, 0.1) is 0 Å². The van der Waals surface area contributed by atoms with Gasteiger partial charge in [0.15, 0.2) is 0 Å². The molecule has 116 valence electrons. The molecule has 0 saturated carbocycles. The zero-order valence-electron chi connectivity index (χ0n) is 13.0. The highest BCUT2D eigenvalue weighted by Crippen LogP contribution is 2.17. The number of carbonyl (C=O) groups excluding carboxylic acids is 1. The van der Waals surface area contributed by atoms with Crippen molar-refractivity contribution in [2.45, 2.75) is 33.6 Å². The first-order valence-corrected chi connectivity index (χ1v) is 7.37. The van der Waals surface area contributed by atoms with Crippen molar-refractivity contribution in [3.05, 3.63) is 59.7 Å². The molecule has 0 aliphatic carbocycles. The Morgan fingerprint density at radius 2 is 1.62 bits per heavy atom. The molecular formula is C18H28N2O. The summed E-state index contributed by atoms with van der Waals surface area (Å²) >= 11 is 0. The summed E-state index contributed by atoms with van der Waals surface area (Å²) in [7, 11) is 0. The van der Waals surface area contributed by atoms with Crippen LogP contribution in [0.15, 0.2) is 48.5 Å². The number of nitrogens with one attached hydrogen (secondary N) is 1. The van der Waals surface area contributed by atoms with E-state index in [1.807, 2.05) is 24.3 Å². The highest BCUT2D eigenvalue weighted by Gasteiger charge is 2.07. The summed E-state index contributed by atoms with van der Waals surface area (Å²) in [6.45, 7) is 6.31. The van der Waals surface area contributed by atoms with Crippen molar-refractivity contribution < 1.29 is 7.65 Å². The van der Waals surface area contributed by atoms with Gasteiger partial charge < -0.3 is 11.1 Å². The third kappa shape index (κ3) is 5.30. The van der Waals surface area contributed by atoms with Crippen LogP contribution >= 0.6 is 0 Å². The van der Waals surface area contributed by atoms with Gasteiger partial charge in [-0.2, -0.15) is 0 Å². The lowest BCUT2D eigenvalue weighted by Crippen LogP contribution is -2.13. The van der Waals surface area contributed by atoms with Gasteiger partial charge in [0.2, 0.25) is 0 Å². The van der Waals surface area contributed by atoms with E-state index in [9.17, 15) is 4.79 Å². The molecular weight excluding hydrogens is 260 g/mol. The zero-order chi connectivity index (χ0) is 15.7. The Kier molecular flexibility index (Phi) is 7.02. The lowest BCUT2D eigenvalue weighted by molar-refractivity contribution is 0.102. The number of rotatable bonds is 3. The van der Waals surface area contributed by atoms with Crippen LogP contribution in [0.3, 0.4) is 0 Å². The summed E-state index contributed by atoms with van der Waals surface area (Å²) in [5, 5.41) is 2.92. The molecule has 2 aromatic rings. The smallest absolute Gasteiger partial charge is 0.255 e. The number of hydrogen-bond donors (Lipinski definition) is 2. The highest BCUT2D eigenvalue weighted by molar-refractivity contribution is 6.04. The maximum Gasteiger partial charge on any atom is 0.255 e. The number of amides is 1. The minimum Gasteiger partial charge on any atom is -0.399 e. The lowest BCUT2D eigenvalue weighted by atomic mass is 10.1. The predicted molar refractivity (Wildman–Crippen MR) is 94.8 cm³/mol. The van der Waals surface area contributed by atoms with Gasteiger partial charge in [-0.3, -0.25) is 4.79 Å². The van der Waals surface area contributed by atoms with Crippen molar-refractivity contribution in [3.63, 3.8) is 0 Å². The molecule has 0 unspecified atom stereocenters. The van der Waals surface area contributed by atoms with Crippen LogP contribution < -0.4 is 11.1 Å². The number of nitrogens with two attached hydrogens (primary N) is 1. The first kappa shape index (κ1) is 16.8. The van der Waals surface area contributed by atoms with E-state index in [2.05, 4.69) is 26.1 Å². The van der Waals surface area contributed by atoms with Crippen molar-refractivity contribution >= 4 is 17.3 Å². The van der Waals surface area contributed by atoms with Gasteiger partial charge >= 0.3 is 0 Å². The number of nitrogen functional groups attached to an aromatic ring is 1. The molecule has 0 atom stereocenters. The first-order chi connectivity index (χ1) is 10.1. The third-order valence-corrected chi connectivity index (χ3v) is 2.82. The topological polar surface area (TPSA) is 55.1 Å². The summed E-state index contributed by atoms with van der Waals surface area (Å²) in [4.78, 5) is 12.0. The Balaban J connectivity index is 0. The quantitative estimate of drug-likeness (QED) is 0.781. The second-order valence-electron chi connectivity index (χ2n) is 4.79. The van der Waals surface area contributed by atoms with Crippen LogP contribution in [0.2, 0.25) is 0 Å². The van der Waals surface area contributed by atoms with E-state index < -0.39 is 0 Å². The van der Waals surface area contributed by atoms with Gasteiger partial charge in [-0.1, -0.05) is 45.4 Å². The van der Waals surface area contributed by atoms with E-state index in [1.165, 1.54) is 6.42 Å². The van der Waals surface area contributed by atoms with Crippen LogP contribution in [0.1, 0.15) is 46.0 Å². The van der Waals surface area contributed by atoms with Gasteiger partial charge in [0.25, 0.3) is 5.91 Å². The van der Waals surface area contributed by atoms with Gasteiger partial charge in [0, 0.05) is 19.8 Å². The molecule has 21 heavy (non-hydrogen) atoms. The van der Waals surface area contributed by atoms with Crippen LogP contribution in [0.5, 0.6) is 0 Å². The van der Waals surface area contributed by atoms with E-state index >= 15 is 0 Å². The molecule has 0 radical (unpaired) electrons. The van der Waals surface area contributed by atoms with Gasteiger partial charge in [-0.25, -0.2) is 0 Å². The van der Waals surface area contributed by atoms with E-state index in [0.717, 1.165) is 17.7 Å². The fraction of sp³-hybridized carbons (Fsp3) is 0.278. The number of aryl methyl sites for hydroxylation is 1. The minimum absolute atomic E-state index is 0.